The van der Waals surface area contributed by atoms with Crippen molar-refractivity contribution in [3.05, 3.63) is 54.9 Å². The Morgan fingerprint density at radius 1 is 0.955 bits per heavy atom. The molecule has 0 spiro atoms. The Bertz CT molecular complexity index is 783. The maximum atomic E-state index is 5.48. The fourth-order valence-electron chi connectivity index (χ4n) is 2.89. The molecular formula is C18H17N3O. The molecule has 0 saturated carbocycles. The van der Waals surface area contributed by atoms with E-state index in [0.29, 0.717) is 0 Å². The van der Waals surface area contributed by atoms with Crippen molar-refractivity contribution in [2.24, 2.45) is 0 Å². The lowest BCUT2D eigenvalue weighted by Crippen LogP contribution is -2.36. The Kier molecular flexibility index (Phi) is 3.45. The number of ether oxygens (including phenoxy) is 1. The summed E-state index contributed by atoms with van der Waals surface area (Å²) >= 11 is 0. The van der Waals surface area contributed by atoms with Crippen LogP contribution in [0.2, 0.25) is 0 Å². The van der Waals surface area contributed by atoms with E-state index in [4.69, 9.17) is 9.72 Å². The first-order chi connectivity index (χ1) is 10.9. The number of aromatic nitrogens is 2. The summed E-state index contributed by atoms with van der Waals surface area (Å²) in [5.41, 5.74) is 4.34. The van der Waals surface area contributed by atoms with Gasteiger partial charge in [-0.15, -0.1) is 0 Å². The second kappa shape index (κ2) is 5.73. The van der Waals surface area contributed by atoms with E-state index in [9.17, 15) is 0 Å². The van der Waals surface area contributed by atoms with Gasteiger partial charge in [-0.25, -0.2) is 4.98 Å². The predicted octanol–water partition coefficient (Wildman–Crippen LogP) is 3.13. The molecule has 1 saturated heterocycles. The molecule has 0 N–H and O–H groups in total. The maximum Gasteiger partial charge on any atom is 0.0731 e. The van der Waals surface area contributed by atoms with Crippen LogP contribution in [0.3, 0.4) is 0 Å². The molecule has 3 heterocycles. The molecule has 1 fully saturated rings. The Morgan fingerprint density at radius 3 is 2.55 bits per heavy atom. The van der Waals surface area contributed by atoms with E-state index in [2.05, 4.69) is 34.1 Å². The number of pyridine rings is 2. The van der Waals surface area contributed by atoms with Crippen molar-refractivity contribution in [3.63, 3.8) is 0 Å². The van der Waals surface area contributed by atoms with Crippen LogP contribution in [-0.4, -0.2) is 36.3 Å². The van der Waals surface area contributed by atoms with Crippen molar-refractivity contribution in [2.75, 3.05) is 31.2 Å². The van der Waals surface area contributed by atoms with Gasteiger partial charge in [0.2, 0.25) is 0 Å². The molecule has 0 amide bonds. The van der Waals surface area contributed by atoms with Crippen molar-refractivity contribution in [1.29, 1.82) is 0 Å². The number of rotatable bonds is 2. The van der Waals surface area contributed by atoms with E-state index in [-0.39, 0.29) is 0 Å². The summed E-state index contributed by atoms with van der Waals surface area (Å²) in [6, 6.07) is 14.5. The number of benzene rings is 1. The molecule has 4 heteroatoms. The number of fused-ring (bicyclic) bond motifs is 1. The molecule has 0 atom stereocenters. The van der Waals surface area contributed by atoms with Gasteiger partial charge in [-0.3, -0.25) is 4.98 Å². The number of nitrogens with zero attached hydrogens (tertiary/aromatic N) is 3. The third-order valence-corrected chi connectivity index (χ3v) is 4.02. The minimum absolute atomic E-state index is 0.779. The first kappa shape index (κ1) is 13.2. The molecule has 0 unspecified atom stereocenters. The third kappa shape index (κ3) is 2.42. The van der Waals surface area contributed by atoms with Crippen LogP contribution in [0.5, 0.6) is 0 Å². The summed E-state index contributed by atoms with van der Waals surface area (Å²) in [4.78, 5) is 11.3. The highest BCUT2D eigenvalue weighted by atomic mass is 16.5. The Hall–Kier alpha value is -2.46. The number of para-hydroxylation sites is 1. The molecule has 4 rings (SSSR count). The SMILES string of the molecule is c1ccc2c(N3CCOCC3)cc(-c3ccncc3)nc2c1. The summed E-state index contributed by atoms with van der Waals surface area (Å²) < 4.78 is 5.48. The highest BCUT2D eigenvalue weighted by Gasteiger charge is 2.16. The number of hydrogen-bond donors (Lipinski definition) is 0. The molecule has 0 radical (unpaired) electrons. The van der Waals surface area contributed by atoms with Gasteiger partial charge in [0.25, 0.3) is 0 Å². The third-order valence-electron chi connectivity index (χ3n) is 4.02. The molecule has 3 aromatic rings. The summed E-state index contributed by atoms with van der Waals surface area (Å²) in [5, 5.41) is 1.20. The van der Waals surface area contributed by atoms with Gasteiger partial charge in [0.1, 0.15) is 0 Å². The molecule has 110 valence electrons. The fourth-order valence-corrected chi connectivity index (χ4v) is 2.89. The standard InChI is InChI=1S/C18H17N3O/c1-2-4-16-15(3-1)18(21-9-11-22-12-10-21)13-17(20-16)14-5-7-19-8-6-14/h1-8,13H,9-12H2. The van der Waals surface area contributed by atoms with Gasteiger partial charge >= 0.3 is 0 Å². The molecule has 0 bridgehead atoms. The van der Waals surface area contributed by atoms with Crippen LogP contribution < -0.4 is 4.90 Å². The van der Waals surface area contributed by atoms with E-state index in [1.165, 1.54) is 11.1 Å². The first-order valence-electron chi connectivity index (χ1n) is 7.55. The number of anilines is 1. The number of hydrogen-bond acceptors (Lipinski definition) is 4. The van der Waals surface area contributed by atoms with Gasteiger partial charge in [0, 0.05) is 42.1 Å². The largest absolute Gasteiger partial charge is 0.378 e. The lowest BCUT2D eigenvalue weighted by atomic mass is 10.1. The van der Waals surface area contributed by atoms with Crippen LogP contribution >= 0.6 is 0 Å². The van der Waals surface area contributed by atoms with Crippen molar-refractivity contribution in [1.82, 2.24) is 9.97 Å². The van der Waals surface area contributed by atoms with Crippen LogP contribution in [0.25, 0.3) is 22.2 Å². The summed E-state index contributed by atoms with van der Waals surface area (Å²) in [7, 11) is 0. The monoisotopic (exact) mass is 291 g/mol. The van der Waals surface area contributed by atoms with Gasteiger partial charge in [-0.1, -0.05) is 18.2 Å². The molecule has 22 heavy (non-hydrogen) atoms. The van der Waals surface area contributed by atoms with Gasteiger partial charge in [-0.05, 0) is 24.3 Å². The summed E-state index contributed by atoms with van der Waals surface area (Å²) in [6.45, 7) is 3.40. The molecule has 1 aliphatic heterocycles. The van der Waals surface area contributed by atoms with E-state index in [1.807, 2.05) is 18.2 Å². The molecular weight excluding hydrogens is 274 g/mol. The minimum atomic E-state index is 0.779. The van der Waals surface area contributed by atoms with Gasteiger partial charge in [-0.2, -0.15) is 0 Å². The quantitative estimate of drug-likeness (QED) is 0.727. The van der Waals surface area contributed by atoms with Crippen LogP contribution in [0.4, 0.5) is 5.69 Å². The van der Waals surface area contributed by atoms with E-state index < -0.39 is 0 Å². The zero-order valence-corrected chi connectivity index (χ0v) is 12.3. The van der Waals surface area contributed by atoms with E-state index in [0.717, 1.165) is 43.1 Å². The second-order valence-corrected chi connectivity index (χ2v) is 5.38. The van der Waals surface area contributed by atoms with Crippen molar-refractivity contribution in [2.45, 2.75) is 0 Å². The zero-order valence-electron chi connectivity index (χ0n) is 12.3. The predicted molar refractivity (Wildman–Crippen MR) is 88.0 cm³/mol. The van der Waals surface area contributed by atoms with Crippen LogP contribution in [-0.2, 0) is 4.74 Å². The Labute approximate surface area is 129 Å². The normalized spacial score (nSPS) is 15.2. The van der Waals surface area contributed by atoms with Crippen molar-refractivity contribution in [3.8, 4) is 11.3 Å². The average molecular weight is 291 g/mol. The van der Waals surface area contributed by atoms with Crippen LogP contribution in [0.1, 0.15) is 0 Å². The van der Waals surface area contributed by atoms with E-state index in [1.54, 1.807) is 12.4 Å². The molecule has 1 aromatic carbocycles. The highest BCUT2D eigenvalue weighted by Crippen LogP contribution is 2.31. The summed E-state index contributed by atoms with van der Waals surface area (Å²) in [6.07, 6.45) is 3.61. The molecule has 0 aliphatic carbocycles. The molecule has 4 nitrogen and oxygen atoms in total. The molecule has 1 aliphatic rings. The van der Waals surface area contributed by atoms with Crippen molar-refractivity contribution < 1.29 is 4.74 Å². The van der Waals surface area contributed by atoms with Crippen LogP contribution in [0, 0.1) is 0 Å². The second-order valence-electron chi connectivity index (χ2n) is 5.38. The van der Waals surface area contributed by atoms with Crippen molar-refractivity contribution >= 4 is 16.6 Å². The van der Waals surface area contributed by atoms with E-state index >= 15 is 0 Å². The first-order valence-corrected chi connectivity index (χ1v) is 7.55. The fraction of sp³-hybridized carbons (Fsp3) is 0.222. The minimum Gasteiger partial charge on any atom is -0.378 e. The molecule has 2 aromatic heterocycles. The Balaban J connectivity index is 1.89. The van der Waals surface area contributed by atoms with Gasteiger partial charge in [0.15, 0.2) is 0 Å². The van der Waals surface area contributed by atoms with Crippen LogP contribution in [0.15, 0.2) is 54.9 Å². The zero-order chi connectivity index (χ0) is 14.8. The van der Waals surface area contributed by atoms with Gasteiger partial charge in [0.05, 0.1) is 24.4 Å². The highest BCUT2D eigenvalue weighted by molar-refractivity contribution is 5.94. The van der Waals surface area contributed by atoms with Gasteiger partial charge < -0.3 is 9.64 Å². The Morgan fingerprint density at radius 2 is 1.73 bits per heavy atom. The lowest BCUT2D eigenvalue weighted by molar-refractivity contribution is 0.123. The lowest BCUT2D eigenvalue weighted by Gasteiger charge is -2.30. The maximum absolute atomic E-state index is 5.48. The summed E-state index contributed by atoms with van der Waals surface area (Å²) in [5.74, 6) is 0. The smallest absolute Gasteiger partial charge is 0.0731 e. The average Bonchev–Trinajstić information content (AvgIpc) is 2.62. The topological polar surface area (TPSA) is 38.2 Å². The number of morpholine rings is 1.